The Balaban J connectivity index is 2.11. The van der Waals surface area contributed by atoms with Crippen molar-refractivity contribution in [3.05, 3.63) is 64.7 Å². The van der Waals surface area contributed by atoms with E-state index in [1.807, 2.05) is 0 Å². The Kier molecular flexibility index (Phi) is 4.38. The summed E-state index contributed by atoms with van der Waals surface area (Å²) in [4.78, 5) is 23.0. The molecule has 2 rings (SSSR count). The molecular weight excluding hydrogens is 278 g/mol. The second-order valence-electron chi connectivity index (χ2n) is 4.20. The molecule has 0 heterocycles. The molecule has 0 saturated heterocycles. The maximum absolute atomic E-state index is 11.9. The number of rotatable bonds is 4. The summed E-state index contributed by atoms with van der Waals surface area (Å²) >= 11 is 5.83. The largest absolute Gasteiger partial charge is 0.478 e. The summed E-state index contributed by atoms with van der Waals surface area (Å²) in [6.45, 7) is 0. The predicted molar refractivity (Wildman–Crippen MR) is 77.2 cm³/mol. The fourth-order valence-corrected chi connectivity index (χ4v) is 2.02. The van der Waals surface area contributed by atoms with Gasteiger partial charge >= 0.3 is 5.97 Å². The molecule has 4 nitrogen and oxygen atoms in total. The van der Waals surface area contributed by atoms with Gasteiger partial charge in [0.2, 0.25) is 5.91 Å². The van der Waals surface area contributed by atoms with E-state index in [0.29, 0.717) is 16.3 Å². The van der Waals surface area contributed by atoms with Crippen LogP contribution >= 0.6 is 11.6 Å². The summed E-state index contributed by atoms with van der Waals surface area (Å²) in [6, 6.07) is 13.2. The van der Waals surface area contributed by atoms with Crippen LogP contribution < -0.4 is 5.32 Å². The zero-order chi connectivity index (χ0) is 14.5. The number of carboxylic acid groups (broad SMARTS) is 1. The van der Waals surface area contributed by atoms with Crippen molar-refractivity contribution in [3.63, 3.8) is 0 Å². The molecule has 0 aliphatic rings. The molecule has 0 unspecified atom stereocenters. The van der Waals surface area contributed by atoms with Gasteiger partial charge in [-0.3, -0.25) is 4.79 Å². The first-order chi connectivity index (χ1) is 9.56. The molecule has 102 valence electrons. The van der Waals surface area contributed by atoms with Crippen LogP contribution in [0.2, 0.25) is 5.02 Å². The Labute approximate surface area is 121 Å². The third-order valence-corrected chi connectivity index (χ3v) is 2.94. The first-order valence-corrected chi connectivity index (χ1v) is 6.30. The molecule has 0 spiro atoms. The molecule has 0 aliphatic carbocycles. The molecule has 2 aromatic carbocycles. The predicted octanol–water partition coefficient (Wildman–Crippen LogP) is 3.22. The molecule has 0 saturated carbocycles. The Morgan fingerprint density at radius 1 is 1.10 bits per heavy atom. The zero-order valence-electron chi connectivity index (χ0n) is 10.5. The van der Waals surface area contributed by atoms with Gasteiger partial charge in [-0.05, 0) is 29.8 Å². The lowest BCUT2D eigenvalue weighted by molar-refractivity contribution is -0.115. The Bertz CT molecular complexity index is 655. The van der Waals surface area contributed by atoms with E-state index in [0.717, 1.165) is 0 Å². The van der Waals surface area contributed by atoms with Crippen molar-refractivity contribution in [2.75, 3.05) is 5.32 Å². The number of carbonyl (C=O) groups excluding carboxylic acids is 1. The van der Waals surface area contributed by atoms with E-state index >= 15 is 0 Å². The number of benzene rings is 2. The van der Waals surface area contributed by atoms with Crippen LogP contribution in [-0.2, 0) is 11.2 Å². The van der Waals surface area contributed by atoms with Crippen molar-refractivity contribution < 1.29 is 14.7 Å². The number of carbonyl (C=O) groups is 2. The summed E-state index contributed by atoms with van der Waals surface area (Å²) in [5.74, 6) is -1.34. The number of amides is 1. The molecule has 0 radical (unpaired) electrons. The lowest BCUT2D eigenvalue weighted by Gasteiger charge is -2.07. The third kappa shape index (κ3) is 3.59. The summed E-state index contributed by atoms with van der Waals surface area (Å²) in [6.07, 6.45) is -0.00497. The number of hydrogen-bond donors (Lipinski definition) is 2. The normalized spacial score (nSPS) is 10.1. The first kappa shape index (κ1) is 14.1. The summed E-state index contributed by atoms with van der Waals surface area (Å²) in [5.41, 5.74) is 1.18. The molecule has 0 aliphatic heterocycles. The topological polar surface area (TPSA) is 66.4 Å². The van der Waals surface area contributed by atoms with Crippen molar-refractivity contribution >= 4 is 29.2 Å². The highest BCUT2D eigenvalue weighted by molar-refractivity contribution is 6.30. The van der Waals surface area contributed by atoms with Crippen molar-refractivity contribution in [1.29, 1.82) is 0 Å². The molecule has 2 aromatic rings. The van der Waals surface area contributed by atoms with Crippen LogP contribution in [0.4, 0.5) is 5.69 Å². The number of halogens is 1. The van der Waals surface area contributed by atoms with E-state index in [1.54, 1.807) is 42.5 Å². The molecule has 20 heavy (non-hydrogen) atoms. The molecule has 1 amide bonds. The van der Waals surface area contributed by atoms with E-state index in [1.165, 1.54) is 6.07 Å². The van der Waals surface area contributed by atoms with Gasteiger partial charge in [-0.2, -0.15) is 0 Å². The third-order valence-electron chi connectivity index (χ3n) is 2.71. The maximum Gasteiger partial charge on any atom is 0.335 e. The summed E-state index contributed by atoms with van der Waals surface area (Å²) in [5, 5.41) is 12.3. The minimum atomic E-state index is -1.05. The number of aromatic carboxylic acids is 1. The van der Waals surface area contributed by atoms with Crippen LogP contribution in [0.25, 0.3) is 0 Å². The maximum atomic E-state index is 11.9. The minimum absolute atomic E-state index is 0.00497. The highest BCUT2D eigenvalue weighted by Gasteiger charge is 2.12. The van der Waals surface area contributed by atoms with E-state index in [4.69, 9.17) is 16.7 Å². The second-order valence-corrected chi connectivity index (χ2v) is 4.63. The molecule has 0 fully saturated rings. The van der Waals surface area contributed by atoms with Gasteiger partial charge in [-0.15, -0.1) is 0 Å². The van der Waals surface area contributed by atoms with Crippen molar-refractivity contribution in [2.45, 2.75) is 6.42 Å². The standard InChI is InChI=1S/C15H12ClNO3/c16-11-5-3-6-12(9-11)17-14(18)8-10-4-1-2-7-13(10)15(19)20/h1-7,9H,8H2,(H,17,18)(H,19,20). The second kappa shape index (κ2) is 6.21. The van der Waals surface area contributed by atoms with Gasteiger partial charge in [-0.25, -0.2) is 4.79 Å². The first-order valence-electron chi connectivity index (χ1n) is 5.93. The van der Waals surface area contributed by atoms with E-state index in [-0.39, 0.29) is 17.9 Å². The smallest absolute Gasteiger partial charge is 0.335 e. The lowest BCUT2D eigenvalue weighted by Crippen LogP contribution is -2.16. The van der Waals surface area contributed by atoms with Gasteiger partial charge in [0.15, 0.2) is 0 Å². The van der Waals surface area contributed by atoms with Crippen LogP contribution in [0.3, 0.4) is 0 Å². The van der Waals surface area contributed by atoms with Crippen molar-refractivity contribution in [3.8, 4) is 0 Å². The van der Waals surface area contributed by atoms with Gasteiger partial charge in [0.05, 0.1) is 12.0 Å². The average molecular weight is 290 g/mol. The van der Waals surface area contributed by atoms with Crippen molar-refractivity contribution in [2.24, 2.45) is 0 Å². The van der Waals surface area contributed by atoms with E-state index < -0.39 is 5.97 Å². The zero-order valence-corrected chi connectivity index (χ0v) is 11.2. The van der Waals surface area contributed by atoms with Gasteiger partial charge < -0.3 is 10.4 Å². The lowest BCUT2D eigenvalue weighted by atomic mass is 10.0. The number of carboxylic acids is 1. The van der Waals surface area contributed by atoms with Crippen LogP contribution in [0.1, 0.15) is 15.9 Å². The Morgan fingerprint density at radius 3 is 2.55 bits per heavy atom. The molecule has 0 atom stereocenters. The Hall–Kier alpha value is -2.33. The average Bonchev–Trinajstić information content (AvgIpc) is 2.38. The summed E-state index contributed by atoms with van der Waals surface area (Å²) in [7, 11) is 0. The SMILES string of the molecule is O=C(Cc1ccccc1C(=O)O)Nc1cccc(Cl)c1. The quantitative estimate of drug-likeness (QED) is 0.908. The van der Waals surface area contributed by atoms with Gasteiger partial charge in [-0.1, -0.05) is 35.9 Å². The minimum Gasteiger partial charge on any atom is -0.478 e. The van der Waals surface area contributed by atoms with Crippen LogP contribution in [-0.4, -0.2) is 17.0 Å². The van der Waals surface area contributed by atoms with Crippen LogP contribution in [0, 0.1) is 0 Å². The molecular formula is C15H12ClNO3. The monoisotopic (exact) mass is 289 g/mol. The fraction of sp³-hybridized carbons (Fsp3) is 0.0667. The van der Waals surface area contributed by atoms with Gasteiger partial charge in [0, 0.05) is 10.7 Å². The van der Waals surface area contributed by atoms with E-state index in [9.17, 15) is 9.59 Å². The highest BCUT2D eigenvalue weighted by atomic mass is 35.5. The highest BCUT2D eigenvalue weighted by Crippen LogP contribution is 2.16. The molecule has 5 heteroatoms. The molecule has 0 bridgehead atoms. The van der Waals surface area contributed by atoms with E-state index in [2.05, 4.69) is 5.32 Å². The fourth-order valence-electron chi connectivity index (χ4n) is 1.83. The van der Waals surface area contributed by atoms with Crippen LogP contribution in [0.15, 0.2) is 48.5 Å². The van der Waals surface area contributed by atoms with Gasteiger partial charge in [0.1, 0.15) is 0 Å². The van der Waals surface area contributed by atoms with Crippen LogP contribution in [0.5, 0.6) is 0 Å². The Morgan fingerprint density at radius 2 is 1.85 bits per heavy atom. The number of hydrogen-bond acceptors (Lipinski definition) is 2. The molecule has 2 N–H and O–H groups in total. The van der Waals surface area contributed by atoms with Gasteiger partial charge in [0.25, 0.3) is 0 Å². The number of nitrogens with one attached hydrogen (secondary N) is 1. The molecule has 0 aromatic heterocycles. The summed E-state index contributed by atoms with van der Waals surface area (Å²) < 4.78 is 0. The van der Waals surface area contributed by atoms with Crippen molar-refractivity contribution in [1.82, 2.24) is 0 Å². The number of anilines is 1.